The number of aromatic amines is 1. The monoisotopic (exact) mass is 207 g/mol. The van der Waals surface area contributed by atoms with Gasteiger partial charge in [-0.3, -0.25) is 4.79 Å². The van der Waals surface area contributed by atoms with Crippen LogP contribution in [0.15, 0.2) is 12.4 Å². The van der Waals surface area contributed by atoms with Gasteiger partial charge >= 0.3 is 14.2 Å². The maximum atomic E-state index is 10.0. The SMILES string of the molecule is O=C(O)Cc1ncc[nH]1.O=[P+](O)O. The smallest absolute Gasteiger partial charge is 0.481 e. The minimum absolute atomic E-state index is 0.0347. The lowest BCUT2D eigenvalue weighted by molar-refractivity contribution is -0.136. The Morgan fingerprint density at radius 1 is 1.62 bits per heavy atom. The van der Waals surface area contributed by atoms with E-state index in [1.54, 1.807) is 6.20 Å². The minimum Gasteiger partial charge on any atom is -0.481 e. The standard InChI is InChI=1S/C5H6N2O2.HO3P/c8-5(9)3-4-6-1-2-7-4;1-4(2)3/h1-2H,3H2,(H,6,7)(H,8,9);(H-,1,2,3)/p+1. The molecule has 0 atom stereocenters. The highest BCUT2D eigenvalue weighted by Crippen LogP contribution is 1.98. The number of carboxylic acids is 1. The van der Waals surface area contributed by atoms with E-state index in [4.69, 9.17) is 19.5 Å². The van der Waals surface area contributed by atoms with Crippen molar-refractivity contribution in [3.63, 3.8) is 0 Å². The van der Waals surface area contributed by atoms with Crippen molar-refractivity contribution in [3.8, 4) is 0 Å². The van der Waals surface area contributed by atoms with Crippen LogP contribution in [0.25, 0.3) is 0 Å². The molecule has 0 saturated carbocycles. The first-order valence-electron chi connectivity index (χ1n) is 3.07. The molecule has 1 aromatic rings. The van der Waals surface area contributed by atoms with Gasteiger partial charge in [0.1, 0.15) is 12.2 Å². The summed E-state index contributed by atoms with van der Waals surface area (Å²) >= 11 is 0. The molecular formula is C5H8N2O5P+. The maximum absolute atomic E-state index is 10.0. The summed E-state index contributed by atoms with van der Waals surface area (Å²) in [5.41, 5.74) is 0. The average Bonchev–Trinajstić information content (AvgIpc) is 2.36. The van der Waals surface area contributed by atoms with Gasteiger partial charge in [-0.15, -0.1) is 9.79 Å². The van der Waals surface area contributed by atoms with Crippen LogP contribution in [-0.2, 0) is 15.8 Å². The third-order valence-corrected chi connectivity index (χ3v) is 0.874. The largest absolute Gasteiger partial charge is 0.692 e. The predicted molar refractivity (Wildman–Crippen MR) is 42.0 cm³/mol. The highest BCUT2D eigenvalue weighted by molar-refractivity contribution is 7.30. The number of carbonyl (C=O) groups is 1. The summed E-state index contributed by atoms with van der Waals surface area (Å²) in [7, 11) is -2.87. The Kier molecular flexibility index (Phi) is 5.62. The number of aromatic nitrogens is 2. The fourth-order valence-electron chi connectivity index (χ4n) is 0.538. The van der Waals surface area contributed by atoms with Crippen LogP contribution in [0.4, 0.5) is 0 Å². The summed E-state index contributed by atoms with van der Waals surface area (Å²) in [5, 5.41) is 8.23. The number of hydrogen-bond donors (Lipinski definition) is 4. The van der Waals surface area contributed by atoms with E-state index in [2.05, 4.69) is 9.97 Å². The number of nitrogens with zero attached hydrogens (tertiary/aromatic N) is 1. The number of nitrogens with one attached hydrogen (secondary N) is 1. The predicted octanol–water partition coefficient (Wildman–Crippen LogP) is -0.335. The van der Waals surface area contributed by atoms with Crippen molar-refractivity contribution in [1.82, 2.24) is 9.97 Å². The Morgan fingerprint density at radius 2 is 2.15 bits per heavy atom. The van der Waals surface area contributed by atoms with Gasteiger partial charge in [-0.1, -0.05) is 0 Å². The molecule has 7 nitrogen and oxygen atoms in total. The Hall–Kier alpha value is -1.30. The van der Waals surface area contributed by atoms with Gasteiger partial charge in [0, 0.05) is 17.0 Å². The van der Waals surface area contributed by atoms with Crippen molar-refractivity contribution >= 4 is 14.2 Å². The molecule has 0 fully saturated rings. The molecule has 72 valence electrons. The molecule has 0 saturated heterocycles. The molecule has 1 aromatic heterocycles. The van der Waals surface area contributed by atoms with Gasteiger partial charge in [-0.05, 0) is 0 Å². The number of rotatable bonds is 2. The zero-order chi connectivity index (χ0) is 10.3. The third kappa shape index (κ3) is 8.61. The van der Waals surface area contributed by atoms with Crippen molar-refractivity contribution in [1.29, 1.82) is 0 Å². The minimum atomic E-state index is -2.87. The molecule has 0 aromatic carbocycles. The number of carboxylic acid groups (broad SMARTS) is 1. The van der Waals surface area contributed by atoms with Crippen LogP contribution in [0, 0.1) is 0 Å². The fourth-order valence-corrected chi connectivity index (χ4v) is 0.538. The van der Waals surface area contributed by atoms with E-state index >= 15 is 0 Å². The van der Waals surface area contributed by atoms with E-state index in [-0.39, 0.29) is 6.42 Å². The van der Waals surface area contributed by atoms with Gasteiger partial charge in [-0.2, -0.15) is 0 Å². The molecule has 0 aliphatic carbocycles. The maximum Gasteiger partial charge on any atom is 0.692 e. The van der Waals surface area contributed by atoms with Crippen molar-refractivity contribution < 1.29 is 24.3 Å². The van der Waals surface area contributed by atoms with Crippen LogP contribution in [0.1, 0.15) is 5.82 Å². The first-order valence-corrected chi connectivity index (χ1v) is 4.24. The summed E-state index contributed by atoms with van der Waals surface area (Å²) in [5.74, 6) is -0.382. The van der Waals surface area contributed by atoms with E-state index in [1.165, 1.54) is 6.20 Å². The summed E-state index contributed by atoms with van der Waals surface area (Å²) in [6, 6.07) is 0. The third-order valence-electron chi connectivity index (χ3n) is 0.874. The molecule has 0 unspecified atom stereocenters. The molecule has 0 bridgehead atoms. The second-order valence-electron chi connectivity index (χ2n) is 1.86. The fraction of sp³-hybridized carbons (Fsp3) is 0.200. The Bertz CT molecular complexity index is 268. The van der Waals surface area contributed by atoms with Crippen LogP contribution >= 0.6 is 8.25 Å². The molecule has 4 N–H and O–H groups in total. The van der Waals surface area contributed by atoms with Crippen LogP contribution in [0.3, 0.4) is 0 Å². The van der Waals surface area contributed by atoms with Gasteiger partial charge in [-0.25, -0.2) is 4.98 Å². The van der Waals surface area contributed by atoms with E-state index in [9.17, 15) is 4.79 Å². The molecule has 13 heavy (non-hydrogen) atoms. The van der Waals surface area contributed by atoms with Gasteiger partial charge in [0.25, 0.3) is 0 Å². The zero-order valence-corrected chi connectivity index (χ0v) is 7.31. The molecule has 0 aliphatic rings. The lowest BCUT2D eigenvalue weighted by atomic mass is 10.4. The quantitative estimate of drug-likeness (QED) is 0.492. The molecule has 0 spiro atoms. The lowest BCUT2D eigenvalue weighted by Crippen LogP contribution is -2.01. The second kappa shape index (κ2) is 6.24. The van der Waals surface area contributed by atoms with Crippen LogP contribution in [0.5, 0.6) is 0 Å². The number of imidazole rings is 1. The topological polar surface area (TPSA) is 124 Å². The number of aliphatic carboxylic acids is 1. The molecule has 0 amide bonds. The average molecular weight is 207 g/mol. The molecule has 1 rings (SSSR count). The van der Waals surface area contributed by atoms with Gasteiger partial charge in [0.05, 0.1) is 0 Å². The molecule has 8 heteroatoms. The van der Waals surface area contributed by atoms with Crippen LogP contribution in [0.2, 0.25) is 0 Å². The van der Waals surface area contributed by atoms with Crippen LogP contribution in [-0.4, -0.2) is 30.8 Å². The molecular weight excluding hydrogens is 199 g/mol. The van der Waals surface area contributed by atoms with E-state index < -0.39 is 14.2 Å². The van der Waals surface area contributed by atoms with E-state index in [0.717, 1.165) is 0 Å². The van der Waals surface area contributed by atoms with Crippen molar-refractivity contribution in [2.45, 2.75) is 6.42 Å². The van der Waals surface area contributed by atoms with Crippen molar-refractivity contribution in [2.24, 2.45) is 0 Å². The summed E-state index contributed by atoms with van der Waals surface area (Å²) in [4.78, 5) is 30.6. The molecule has 0 radical (unpaired) electrons. The van der Waals surface area contributed by atoms with Crippen molar-refractivity contribution in [2.75, 3.05) is 0 Å². The van der Waals surface area contributed by atoms with Crippen LogP contribution < -0.4 is 0 Å². The van der Waals surface area contributed by atoms with Gasteiger partial charge in [0.15, 0.2) is 0 Å². The number of H-pyrrole nitrogens is 1. The molecule has 0 aliphatic heterocycles. The highest BCUT2D eigenvalue weighted by Gasteiger charge is 1.99. The van der Waals surface area contributed by atoms with Crippen molar-refractivity contribution in [3.05, 3.63) is 18.2 Å². The van der Waals surface area contributed by atoms with Gasteiger partial charge in [0.2, 0.25) is 0 Å². The Balaban J connectivity index is 0.000000310. The number of hydrogen-bond acceptors (Lipinski definition) is 3. The second-order valence-corrected chi connectivity index (χ2v) is 2.36. The highest BCUT2D eigenvalue weighted by atomic mass is 31.1. The van der Waals surface area contributed by atoms with E-state index in [0.29, 0.717) is 5.82 Å². The Morgan fingerprint density at radius 3 is 2.46 bits per heavy atom. The lowest BCUT2D eigenvalue weighted by Gasteiger charge is -1.85. The summed E-state index contributed by atoms with van der Waals surface area (Å²) < 4.78 is 8.70. The zero-order valence-electron chi connectivity index (χ0n) is 6.41. The summed E-state index contributed by atoms with van der Waals surface area (Å²) in [6.07, 6.45) is 3.09. The summed E-state index contributed by atoms with van der Waals surface area (Å²) in [6.45, 7) is 0. The normalized spacial score (nSPS) is 8.46. The molecule has 1 heterocycles. The van der Waals surface area contributed by atoms with E-state index in [1.807, 2.05) is 0 Å². The Labute approximate surface area is 74.0 Å². The first kappa shape index (κ1) is 11.7. The van der Waals surface area contributed by atoms with Gasteiger partial charge < -0.3 is 10.1 Å². The first-order chi connectivity index (χ1) is 6.02.